The molecule has 2 aliphatic rings. The predicted molar refractivity (Wildman–Crippen MR) is 242 cm³/mol. The Morgan fingerprint density at radius 1 is 0.400 bits per heavy atom. The Labute approximate surface area is 362 Å². The van der Waals surface area contributed by atoms with Gasteiger partial charge in [-0.2, -0.15) is 21.0 Å². The van der Waals surface area contributed by atoms with Crippen LogP contribution in [0.3, 0.4) is 0 Å². The summed E-state index contributed by atoms with van der Waals surface area (Å²) in [6, 6.07) is 56.3. The maximum Gasteiger partial charge on any atom is 0.142 e. The van der Waals surface area contributed by atoms with E-state index < -0.39 is 23.7 Å². The SMILES string of the molecule is N#CC(C#N)[C@@H]1c2nc(c(-c3ccccc3)c3ccc([nH]3)c(-c3ccccc3)c3nc(c(-c4ccccc4)c4ccc([nH]4)c2-c2ccccc2)C(Br)=C3Br)[C@H]1C(C#N)C#N. The van der Waals surface area contributed by atoms with Crippen LogP contribution in [0.15, 0.2) is 146 Å². The van der Waals surface area contributed by atoms with Crippen molar-refractivity contribution in [2.75, 3.05) is 0 Å². The average Bonchev–Trinajstić information content (AvgIpc) is 4.10. The van der Waals surface area contributed by atoms with Crippen LogP contribution in [-0.4, -0.2) is 19.9 Å². The lowest BCUT2D eigenvalue weighted by atomic mass is 9.72. The molecule has 0 radical (unpaired) electrons. The van der Waals surface area contributed by atoms with Crippen LogP contribution in [0.2, 0.25) is 0 Å². The molecule has 7 aromatic rings. The second kappa shape index (κ2) is 16.1. The molecular formula is C50H30Br2N8. The van der Waals surface area contributed by atoms with Crippen molar-refractivity contribution in [3.05, 3.63) is 168 Å². The van der Waals surface area contributed by atoms with E-state index in [1.807, 2.05) is 146 Å². The molecular weight excluding hydrogens is 872 g/mol. The summed E-state index contributed by atoms with van der Waals surface area (Å²) in [6.45, 7) is 0. The summed E-state index contributed by atoms with van der Waals surface area (Å²) in [7, 11) is 0. The van der Waals surface area contributed by atoms with Gasteiger partial charge in [-0.3, -0.25) is 4.98 Å². The van der Waals surface area contributed by atoms with Gasteiger partial charge in [0.1, 0.15) is 11.8 Å². The summed E-state index contributed by atoms with van der Waals surface area (Å²) in [5, 5.41) is 42.7. The van der Waals surface area contributed by atoms with E-state index in [0.29, 0.717) is 44.9 Å². The molecule has 284 valence electrons. The Hall–Kier alpha value is -7.34. The van der Waals surface area contributed by atoms with Gasteiger partial charge in [0.25, 0.3) is 0 Å². The fourth-order valence-electron chi connectivity index (χ4n) is 8.44. The molecule has 5 heterocycles. The summed E-state index contributed by atoms with van der Waals surface area (Å²) >= 11 is 7.90. The van der Waals surface area contributed by atoms with Gasteiger partial charge in [0.2, 0.25) is 0 Å². The second-order valence-electron chi connectivity index (χ2n) is 14.4. The number of halogens is 2. The minimum atomic E-state index is -1.26. The van der Waals surface area contributed by atoms with Gasteiger partial charge >= 0.3 is 0 Å². The Morgan fingerprint density at radius 3 is 0.983 bits per heavy atom. The zero-order valence-corrected chi connectivity index (χ0v) is 34.8. The van der Waals surface area contributed by atoms with E-state index in [-0.39, 0.29) is 0 Å². The smallest absolute Gasteiger partial charge is 0.142 e. The van der Waals surface area contributed by atoms with Crippen molar-refractivity contribution in [2.24, 2.45) is 11.8 Å². The molecule has 0 fully saturated rings. The predicted octanol–water partition coefficient (Wildman–Crippen LogP) is 12.8. The van der Waals surface area contributed by atoms with Gasteiger partial charge in [0.05, 0.1) is 56.0 Å². The molecule has 0 unspecified atom stereocenters. The molecule has 3 aromatic heterocycles. The largest absolute Gasteiger partial charge is 0.354 e. The first-order chi connectivity index (χ1) is 29.4. The number of fused-ring (bicyclic) bond motifs is 8. The zero-order chi connectivity index (χ0) is 41.3. The maximum absolute atomic E-state index is 10.7. The third kappa shape index (κ3) is 6.50. The number of nitrogens with one attached hydrogen (secondary N) is 2. The Balaban J connectivity index is 1.59. The highest BCUT2D eigenvalue weighted by molar-refractivity contribution is 9.18. The monoisotopic (exact) mass is 900 g/mol. The van der Waals surface area contributed by atoms with Crippen molar-refractivity contribution in [1.29, 1.82) is 21.0 Å². The summed E-state index contributed by atoms with van der Waals surface area (Å²) in [6.07, 6.45) is 0. The number of nitrogens with zero attached hydrogens (tertiary/aromatic N) is 6. The van der Waals surface area contributed by atoms with Gasteiger partial charge in [-0.05, 0) is 78.4 Å². The summed E-state index contributed by atoms with van der Waals surface area (Å²) < 4.78 is 1.54. The minimum absolute atomic E-state index is 0.431. The van der Waals surface area contributed by atoms with E-state index in [9.17, 15) is 21.0 Å². The average molecular weight is 903 g/mol. The van der Waals surface area contributed by atoms with Crippen LogP contribution in [0.25, 0.3) is 75.5 Å². The van der Waals surface area contributed by atoms with E-state index in [2.05, 4.69) is 66.1 Å². The van der Waals surface area contributed by atoms with Crippen molar-refractivity contribution in [2.45, 2.75) is 11.8 Å². The topological polar surface area (TPSA) is 153 Å². The molecule has 2 N–H and O–H groups in total. The van der Waals surface area contributed by atoms with E-state index >= 15 is 0 Å². The van der Waals surface area contributed by atoms with Crippen LogP contribution in [0, 0.1) is 57.2 Å². The van der Waals surface area contributed by atoms with Crippen molar-refractivity contribution in [3.63, 3.8) is 0 Å². The highest BCUT2D eigenvalue weighted by Gasteiger charge is 2.46. The van der Waals surface area contributed by atoms with Crippen LogP contribution in [0.4, 0.5) is 0 Å². The standard InChI is InChI=1S/C50H30Br2N8/c51-45-46(52)50-42(32-19-11-4-12-20-32)38-24-22-36(58-38)40(30-15-7-2-8-16-30)48-44(34(27-55)28-56)43(33(25-53)26-54)47(59-48)39(29-13-5-1-6-14-29)35-21-23-37(57-35)41(49(45)60-50)31-17-9-3-10-18-31/h1-24,33-34,43-44,57-58H/t43-,44-/m0/s1. The second-order valence-corrected chi connectivity index (χ2v) is 16.0. The highest BCUT2D eigenvalue weighted by atomic mass is 79.9. The lowest BCUT2D eigenvalue weighted by Gasteiger charge is -2.23. The first-order valence-corrected chi connectivity index (χ1v) is 20.7. The third-order valence-electron chi connectivity index (χ3n) is 11.1. The first kappa shape index (κ1) is 38.2. The van der Waals surface area contributed by atoms with Gasteiger partial charge in [0, 0.05) is 56.2 Å². The van der Waals surface area contributed by atoms with Crippen LogP contribution in [0.1, 0.15) is 34.6 Å². The number of aromatic nitrogens is 4. The number of hydrogen-bond donors (Lipinski definition) is 2. The van der Waals surface area contributed by atoms with Crippen LogP contribution < -0.4 is 0 Å². The van der Waals surface area contributed by atoms with E-state index in [1.165, 1.54) is 0 Å². The van der Waals surface area contributed by atoms with Gasteiger partial charge in [0.15, 0.2) is 0 Å². The van der Waals surface area contributed by atoms with Crippen molar-refractivity contribution < 1.29 is 0 Å². The molecule has 2 aliphatic heterocycles. The Kier molecular flexibility index (Phi) is 10.3. The number of rotatable bonds is 6. The lowest BCUT2D eigenvalue weighted by molar-refractivity contribution is 0.473. The number of hydrogen-bond acceptors (Lipinski definition) is 6. The van der Waals surface area contributed by atoms with Crippen LogP contribution in [0.5, 0.6) is 0 Å². The fourth-order valence-corrected chi connectivity index (χ4v) is 9.39. The minimum Gasteiger partial charge on any atom is -0.354 e. The molecule has 8 nitrogen and oxygen atoms in total. The molecule has 0 spiro atoms. The van der Waals surface area contributed by atoms with E-state index in [4.69, 9.17) is 9.97 Å². The Morgan fingerprint density at radius 2 is 0.683 bits per heavy atom. The summed E-state index contributed by atoms with van der Waals surface area (Å²) in [4.78, 5) is 18.3. The van der Waals surface area contributed by atoms with Crippen molar-refractivity contribution in [3.8, 4) is 68.8 Å². The molecule has 4 aromatic carbocycles. The number of benzene rings is 4. The number of H-pyrrole nitrogens is 2. The first-order valence-electron chi connectivity index (χ1n) is 19.1. The highest BCUT2D eigenvalue weighted by Crippen LogP contribution is 2.52. The number of nitriles is 4. The zero-order valence-electron chi connectivity index (χ0n) is 31.6. The van der Waals surface area contributed by atoms with Crippen LogP contribution in [-0.2, 0) is 0 Å². The third-order valence-corrected chi connectivity index (χ3v) is 13.1. The van der Waals surface area contributed by atoms with Crippen molar-refractivity contribution >= 4 is 62.9 Å². The fraction of sp³-hybridized carbons (Fsp3) is 0.0800. The molecule has 9 rings (SSSR count). The molecule has 10 heteroatoms. The Bertz CT molecular complexity index is 2940. The molecule has 2 atom stereocenters. The molecule has 60 heavy (non-hydrogen) atoms. The molecule has 8 bridgehead atoms. The molecule has 0 saturated heterocycles. The van der Waals surface area contributed by atoms with Gasteiger partial charge < -0.3 is 9.97 Å². The van der Waals surface area contributed by atoms with Gasteiger partial charge in [-0.1, -0.05) is 121 Å². The number of aromatic amines is 2. The van der Waals surface area contributed by atoms with Crippen LogP contribution >= 0.6 is 31.9 Å². The maximum atomic E-state index is 10.7. The summed E-state index contributed by atoms with van der Waals surface area (Å²) in [5.41, 5.74) is 11.5. The van der Waals surface area contributed by atoms with Gasteiger partial charge in [-0.25, -0.2) is 4.98 Å². The van der Waals surface area contributed by atoms with Crippen molar-refractivity contribution in [1.82, 2.24) is 19.9 Å². The normalized spacial score (nSPS) is 14.7. The molecule has 0 saturated carbocycles. The summed E-state index contributed by atoms with van der Waals surface area (Å²) in [5.74, 6) is -4.44. The molecule has 0 amide bonds. The van der Waals surface area contributed by atoms with E-state index in [0.717, 1.165) is 53.4 Å². The molecule has 0 aliphatic carbocycles. The van der Waals surface area contributed by atoms with Gasteiger partial charge in [-0.15, -0.1) is 0 Å². The lowest BCUT2D eigenvalue weighted by Crippen LogP contribution is -2.21. The quantitative estimate of drug-likeness (QED) is 0.169. The van der Waals surface area contributed by atoms with E-state index in [1.54, 1.807) is 0 Å².